The van der Waals surface area contributed by atoms with Crippen molar-refractivity contribution in [1.29, 1.82) is 0 Å². The summed E-state index contributed by atoms with van der Waals surface area (Å²) < 4.78 is 59.0. The third kappa shape index (κ3) is 7.56. The van der Waals surface area contributed by atoms with Crippen LogP contribution in [0.25, 0.3) is 10.9 Å². The summed E-state index contributed by atoms with van der Waals surface area (Å²) in [7, 11) is -1.62. The number of aromatic nitrogens is 3. The molecule has 0 atom stereocenters. The second-order valence-corrected chi connectivity index (χ2v) is 11.5. The fourth-order valence-corrected chi connectivity index (χ4v) is 4.18. The molecule has 2 heterocycles. The van der Waals surface area contributed by atoms with Crippen LogP contribution < -0.4 is 24.8 Å². The molecule has 12 nitrogen and oxygen atoms in total. The van der Waals surface area contributed by atoms with Crippen molar-refractivity contribution in [2.45, 2.75) is 25.9 Å². The van der Waals surface area contributed by atoms with Gasteiger partial charge in [0.25, 0.3) is 0 Å². The minimum Gasteiger partial charge on any atom is -0.493 e. The number of hydrogen-bond donors (Lipinski definition) is 2. The van der Waals surface area contributed by atoms with Crippen molar-refractivity contribution in [1.82, 2.24) is 15.1 Å². The molecule has 212 valence electrons. The number of nitrogens with zero attached hydrogens (tertiary/aromatic N) is 3. The van der Waals surface area contributed by atoms with E-state index < -0.39 is 21.5 Å². The summed E-state index contributed by atoms with van der Waals surface area (Å²) in [5.41, 5.74) is -0.736. The van der Waals surface area contributed by atoms with Crippen LogP contribution >= 0.6 is 0 Å². The molecule has 0 spiro atoms. The molecule has 2 aromatic heterocycles. The van der Waals surface area contributed by atoms with Gasteiger partial charge in [0.15, 0.2) is 17.2 Å². The van der Waals surface area contributed by atoms with Crippen LogP contribution in [0.5, 0.6) is 23.1 Å². The van der Waals surface area contributed by atoms with E-state index in [1.165, 1.54) is 39.6 Å². The Morgan fingerprint density at radius 1 is 1.10 bits per heavy atom. The number of alkyl halides is 1. The lowest BCUT2D eigenvalue weighted by Gasteiger charge is -2.14. The Kier molecular flexibility index (Phi) is 8.38. The summed E-state index contributed by atoms with van der Waals surface area (Å²) >= 11 is 0. The lowest BCUT2D eigenvalue weighted by Crippen LogP contribution is -2.19. The Bertz CT molecular complexity index is 1620. The molecule has 0 fully saturated rings. The van der Waals surface area contributed by atoms with Crippen molar-refractivity contribution >= 4 is 38.3 Å². The van der Waals surface area contributed by atoms with Crippen LogP contribution in [-0.2, 0) is 15.5 Å². The highest BCUT2D eigenvalue weighted by atomic mass is 32.2. The van der Waals surface area contributed by atoms with Crippen molar-refractivity contribution in [2.24, 2.45) is 0 Å². The molecule has 4 rings (SSSR count). The second kappa shape index (κ2) is 11.7. The van der Waals surface area contributed by atoms with E-state index in [2.05, 4.69) is 25.8 Å². The molecule has 0 aliphatic carbocycles. The van der Waals surface area contributed by atoms with Crippen molar-refractivity contribution in [3.63, 3.8) is 0 Å². The third-order valence-electron chi connectivity index (χ3n) is 5.46. The van der Waals surface area contributed by atoms with Crippen LogP contribution in [0.2, 0.25) is 0 Å². The Balaban J connectivity index is 1.48. The highest BCUT2D eigenvalue weighted by Crippen LogP contribution is 2.36. The molecule has 0 aliphatic heterocycles. The number of rotatable bonds is 11. The summed E-state index contributed by atoms with van der Waals surface area (Å²) in [5.74, 6) is 1.37. The molecule has 14 heteroatoms. The van der Waals surface area contributed by atoms with Crippen LogP contribution in [0, 0.1) is 0 Å². The van der Waals surface area contributed by atoms with E-state index in [1.807, 2.05) is 0 Å². The molecule has 0 unspecified atom stereocenters. The number of amides is 2. The Morgan fingerprint density at radius 2 is 1.90 bits per heavy atom. The van der Waals surface area contributed by atoms with Crippen molar-refractivity contribution < 1.29 is 36.3 Å². The van der Waals surface area contributed by atoms with E-state index in [4.69, 9.17) is 18.7 Å². The van der Waals surface area contributed by atoms with Gasteiger partial charge in [0.1, 0.15) is 27.6 Å². The molecular weight excluding hydrogens is 545 g/mol. The molecule has 0 saturated heterocycles. The Hall–Kier alpha value is -4.46. The third-order valence-corrected chi connectivity index (χ3v) is 6.49. The van der Waals surface area contributed by atoms with E-state index in [0.29, 0.717) is 40.3 Å². The lowest BCUT2D eigenvalue weighted by atomic mass is 10.1. The number of fused-ring (bicyclic) bond motifs is 1. The number of methoxy groups -OCH3 is 1. The number of nitrogens with one attached hydrogen (secondary N) is 2. The number of urea groups is 1. The van der Waals surface area contributed by atoms with E-state index >= 15 is 0 Å². The van der Waals surface area contributed by atoms with Crippen molar-refractivity contribution in [3.05, 3.63) is 54.5 Å². The number of halogens is 1. The van der Waals surface area contributed by atoms with E-state index in [0.717, 1.165) is 0 Å². The first-order valence-corrected chi connectivity index (χ1v) is 14.1. The SMILES string of the molecule is COc1cc2ncnc(Oc3cccc(NC(=O)Nc4cc(C(C)(C)F)no4)c3)c2cc1OCCCS(C)(=O)=O. The first-order chi connectivity index (χ1) is 18.9. The van der Waals surface area contributed by atoms with E-state index in [1.54, 1.807) is 36.4 Å². The molecule has 0 radical (unpaired) electrons. The zero-order valence-corrected chi connectivity index (χ0v) is 23.0. The number of carbonyl (C=O) groups is 1. The molecule has 2 N–H and O–H groups in total. The van der Waals surface area contributed by atoms with Crippen LogP contribution in [0.4, 0.5) is 20.8 Å². The van der Waals surface area contributed by atoms with Crippen LogP contribution in [0.3, 0.4) is 0 Å². The van der Waals surface area contributed by atoms with Crippen LogP contribution in [0.1, 0.15) is 26.0 Å². The van der Waals surface area contributed by atoms with Gasteiger partial charge in [0.05, 0.1) is 30.4 Å². The fraction of sp³-hybridized carbons (Fsp3) is 0.308. The maximum Gasteiger partial charge on any atom is 0.326 e. The van der Waals surface area contributed by atoms with Gasteiger partial charge >= 0.3 is 6.03 Å². The maximum atomic E-state index is 14.0. The number of benzene rings is 2. The van der Waals surface area contributed by atoms with Gasteiger partial charge in [-0.1, -0.05) is 11.2 Å². The Morgan fingerprint density at radius 3 is 2.60 bits per heavy atom. The maximum absolute atomic E-state index is 14.0. The number of sulfone groups is 1. The topological polar surface area (TPSA) is 155 Å². The molecule has 2 aromatic carbocycles. The predicted molar refractivity (Wildman–Crippen MR) is 146 cm³/mol. The summed E-state index contributed by atoms with van der Waals surface area (Å²) in [6.07, 6.45) is 2.82. The summed E-state index contributed by atoms with van der Waals surface area (Å²) in [6, 6.07) is 10.6. The molecule has 0 saturated carbocycles. The van der Waals surface area contributed by atoms with Crippen LogP contribution in [0.15, 0.2) is 53.3 Å². The van der Waals surface area contributed by atoms with E-state index in [9.17, 15) is 17.6 Å². The van der Waals surface area contributed by atoms with Gasteiger partial charge in [-0.2, -0.15) is 0 Å². The summed E-state index contributed by atoms with van der Waals surface area (Å²) in [5, 5.41) is 9.24. The normalized spacial score (nSPS) is 11.7. The highest BCUT2D eigenvalue weighted by molar-refractivity contribution is 7.90. The minimum atomic E-state index is -3.10. The molecule has 4 aromatic rings. The predicted octanol–water partition coefficient (Wildman–Crippen LogP) is 5.08. The largest absolute Gasteiger partial charge is 0.493 e. The number of ether oxygens (including phenoxy) is 3. The monoisotopic (exact) mass is 573 g/mol. The molecule has 2 amide bonds. The zero-order valence-electron chi connectivity index (χ0n) is 22.2. The molecule has 40 heavy (non-hydrogen) atoms. The van der Waals surface area contributed by atoms with Crippen molar-refractivity contribution in [3.8, 4) is 23.1 Å². The van der Waals surface area contributed by atoms with Gasteiger partial charge < -0.3 is 24.1 Å². The second-order valence-electron chi connectivity index (χ2n) is 9.29. The molecule has 0 aliphatic rings. The fourth-order valence-electron chi connectivity index (χ4n) is 3.53. The molecule has 0 bridgehead atoms. The van der Waals surface area contributed by atoms with Gasteiger partial charge in [-0.05, 0) is 38.5 Å². The van der Waals surface area contributed by atoms with Crippen LogP contribution in [-0.4, -0.2) is 55.3 Å². The smallest absolute Gasteiger partial charge is 0.326 e. The van der Waals surface area contributed by atoms with Gasteiger partial charge in [-0.15, -0.1) is 0 Å². The van der Waals surface area contributed by atoms with Gasteiger partial charge in [0, 0.05) is 30.1 Å². The number of carbonyl (C=O) groups excluding carboxylic acids is 1. The average Bonchev–Trinajstić information content (AvgIpc) is 3.35. The molecular formula is C26H28FN5O7S. The lowest BCUT2D eigenvalue weighted by molar-refractivity contribution is 0.205. The average molecular weight is 574 g/mol. The van der Waals surface area contributed by atoms with Gasteiger partial charge in [0.2, 0.25) is 11.8 Å². The quantitative estimate of drug-likeness (QED) is 0.232. The number of hydrogen-bond acceptors (Lipinski definition) is 10. The first kappa shape index (κ1) is 28.5. The zero-order chi connectivity index (χ0) is 28.9. The summed E-state index contributed by atoms with van der Waals surface area (Å²) in [6.45, 7) is 2.82. The summed E-state index contributed by atoms with van der Waals surface area (Å²) in [4.78, 5) is 20.9. The number of anilines is 2. The minimum absolute atomic E-state index is 0.00198. The standard InChI is InChI=1S/C26H28FN5O7S/c1-26(2,27)22-14-23(39-32-22)31-25(33)30-16-7-5-8-17(11-16)38-24-18-12-21(37-9-6-10-40(4,34)35)20(36-3)13-19(18)28-15-29-24/h5,7-8,11-15H,6,9-10H2,1-4H3,(H2,30,31,33). The van der Waals surface area contributed by atoms with Crippen molar-refractivity contribution in [2.75, 3.05) is 36.4 Å². The Labute approximate surface area is 229 Å². The van der Waals surface area contributed by atoms with Gasteiger partial charge in [-0.3, -0.25) is 5.32 Å². The van der Waals surface area contributed by atoms with Gasteiger partial charge in [-0.25, -0.2) is 27.6 Å². The highest BCUT2D eigenvalue weighted by Gasteiger charge is 2.24. The first-order valence-electron chi connectivity index (χ1n) is 12.1. The van der Waals surface area contributed by atoms with E-state index in [-0.39, 0.29) is 29.8 Å².